The number of hydrogen-bond donors (Lipinski definition) is 0. The lowest BCUT2D eigenvalue weighted by Gasteiger charge is -2.09. The first-order valence-corrected chi connectivity index (χ1v) is 3.47. The molecule has 2 aliphatic rings. The van der Waals surface area contributed by atoms with Gasteiger partial charge >= 0.3 is 6.09 Å². The van der Waals surface area contributed by atoms with E-state index in [4.69, 9.17) is 4.74 Å². The Morgan fingerprint density at radius 2 is 2.60 bits per heavy atom. The van der Waals surface area contributed by atoms with Crippen molar-refractivity contribution in [2.24, 2.45) is 0 Å². The SMILES string of the molecule is C/C=C1\C2CCOC(=O)N12. The van der Waals surface area contributed by atoms with Crippen LogP contribution in [0.15, 0.2) is 11.8 Å². The highest BCUT2D eigenvalue weighted by molar-refractivity contribution is 5.77. The van der Waals surface area contributed by atoms with Crippen LogP contribution in [0, 0.1) is 0 Å². The molecule has 0 aromatic carbocycles. The van der Waals surface area contributed by atoms with E-state index in [9.17, 15) is 4.79 Å². The van der Waals surface area contributed by atoms with Crippen molar-refractivity contribution in [3.05, 3.63) is 11.8 Å². The Morgan fingerprint density at radius 3 is 3.20 bits per heavy atom. The van der Waals surface area contributed by atoms with E-state index >= 15 is 0 Å². The third-order valence-electron chi connectivity index (χ3n) is 1.97. The molecule has 3 nitrogen and oxygen atoms in total. The molecule has 0 saturated carbocycles. The van der Waals surface area contributed by atoms with Gasteiger partial charge in [0.05, 0.1) is 12.6 Å². The molecule has 2 rings (SSSR count). The largest absolute Gasteiger partial charge is 0.449 e. The Hall–Kier alpha value is -0.990. The van der Waals surface area contributed by atoms with Gasteiger partial charge in [-0.2, -0.15) is 0 Å². The predicted octanol–water partition coefficient (Wildman–Crippen LogP) is 1.11. The number of ether oxygens (including phenoxy) is 1. The third kappa shape index (κ3) is 0.574. The Bertz CT molecular complexity index is 210. The number of carbonyl (C=O) groups excluding carboxylic acids is 1. The summed E-state index contributed by atoms with van der Waals surface area (Å²) >= 11 is 0. The second-order valence-corrected chi connectivity index (χ2v) is 2.50. The molecule has 1 unspecified atom stereocenters. The van der Waals surface area contributed by atoms with Crippen LogP contribution in [0.1, 0.15) is 13.3 Å². The number of amides is 1. The van der Waals surface area contributed by atoms with Gasteiger partial charge < -0.3 is 4.74 Å². The van der Waals surface area contributed by atoms with Gasteiger partial charge in [-0.1, -0.05) is 6.08 Å². The summed E-state index contributed by atoms with van der Waals surface area (Å²) in [6.45, 7) is 2.53. The minimum absolute atomic E-state index is 0.177. The molecular formula is C7H9NO2. The van der Waals surface area contributed by atoms with Crippen LogP contribution >= 0.6 is 0 Å². The third-order valence-corrected chi connectivity index (χ3v) is 1.97. The van der Waals surface area contributed by atoms with Crippen LogP contribution in [0.2, 0.25) is 0 Å². The molecule has 0 aromatic heterocycles. The van der Waals surface area contributed by atoms with Gasteiger partial charge in [-0.25, -0.2) is 4.79 Å². The maximum absolute atomic E-state index is 10.9. The molecule has 2 fully saturated rings. The van der Waals surface area contributed by atoms with Crippen molar-refractivity contribution in [1.82, 2.24) is 4.90 Å². The Morgan fingerprint density at radius 1 is 1.80 bits per heavy atom. The van der Waals surface area contributed by atoms with Gasteiger partial charge in [0, 0.05) is 12.1 Å². The lowest BCUT2D eigenvalue weighted by Crippen LogP contribution is -2.22. The van der Waals surface area contributed by atoms with Gasteiger partial charge in [0.25, 0.3) is 0 Å². The quantitative estimate of drug-likeness (QED) is 0.470. The zero-order valence-electron chi connectivity index (χ0n) is 5.83. The fourth-order valence-corrected chi connectivity index (χ4v) is 1.42. The monoisotopic (exact) mass is 139 g/mol. The smallest absolute Gasteiger partial charge is 0.414 e. The first-order valence-electron chi connectivity index (χ1n) is 3.47. The summed E-state index contributed by atoms with van der Waals surface area (Å²) in [5, 5.41) is 0. The predicted molar refractivity (Wildman–Crippen MR) is 35.3 cm³/mol. The van der Waals surface area contributed by atoms with E-state index in [2.05, 4.69) is 0 Å². The lowest BCUT2D eigenvalue weighted by molar-refractivity contribution is 0.111. The summed E-state index contributed by atoms with van der Waals surface area (Å²) in [5.74, 6) is 0. The van der Waals surface area contributed by atoms with E-state index in [1.807, 2.05) is 13.0 Å². The number of cyclic esters (lactones) is 1. The molecule has 0 aromatic rings. The molecule has 2 saturated heterocycles. The fourth-order valence-electron chi connectivity index (χ4n) is 1.42. The normalized spacial score (nSPS) is 33.7. The van der Waals surface area contributed by atoms with E-state index in [1.54, 1.807) is 4.90 Å². The standard InChI is InChI=1S/C7H9NO2/c1-2-5-6-3-4-10-7(9)8(5)6/h2,6H,3-4H2,1H3/b5-2+. The molecule has 1 atom stereocenters. The Kier molecular flexibility index (Phi) is 1.01. The number of nitrogens with zero attached hydrogens (tertiary/aromatic N) is 1. The molecule has 54 valence electrons. The summed E-state index contributed by atoms with van der Waals surface area (Å²) in [6.07, 6.45) is 2.76. The molecule has 0 aliphatic carbocycles. The van der Waals surface area contributed by atoms with Crippen LogP contribution in [-0.4, -0.2) is 23.6 Å². The molecule has 0 bridgehead atoms. The van der Waals surface area contributed by atoms with Crippen LogP contribution < -0.4 is 0 Å². The highest BCUT2D eigenvalue weighted by Gasteiger charge is 2.48. The average molecular weight is 139 g/mol. The van der Waals surface area contributed by atoms with Crippen LogP contribution in [-0.2, 0) is 4.74 Å². The van der Waals surface area contributed by atoms with E-state index in [-0.39, 0.29) is 6.09 Å². The number of carbonyl (C=O) groups is 1. The van der Waals surface area contributed by atoms with Crippen LogP contribution in [0.25, 0.3) is 0 Å². The first kappa shape index (κ1) is 5.77. The second kappa shape index (κ2) is 1.75. The van der Waals surface area contributed by atoms with Gasteiger partial charge in [0.2, 0.25) is 0 Å². The zero-order valence-corrected chi connectivity index (χ0v) is 5.83. The molecule has 2 heterocycles. The van der Waals surface area contributed by atoms with E-state index in [0.717, 1.165) is 12.1 Å². The van der Waals surface area contributed by atoms with Crippen molar-refractivity contribution < 1.29 is 9.53 Å². The molecule has 2 aliphatic heterocycles. The molecule has 3 heteroatoms. The van der Waals surface area contributed by atoms with Gasteiger partial charge in [0.1, 0.15) is 0 Å². The van der Waals surface area contributed by atoms with Crippen LogP contribution in [0.5, 0.6) is 0 Å². The summed E-state index contributed by atoms with van der Waals surface area (Å²) in [6, 6.07) is 0.381. The summed E-state index contributed by atoms with van der Waals surface area (Å²) in [7, 11) is 0. The molecule has 1 amide bonds. The van der Waals surface area contributed by atoms with E-state index in [0.29, 0.717) is 12.6 Å². The summed E-state index contributed by atoms with van der Waals surface area (Å²) in [5.41, 5.74) is 1.13. The number of rotatable bonds is 0. The van der Waals surface area contributed by atoms with Crippen molar-refractivity contribution in [3.8, 4) is 0 Å². The topological polar surface area (TPSA) is 29.3 Å². The Balaban J connectivity index is 2.18. The number of hydrogen-bond acceptors (Lipinski definition) is 2. The minimum Gasteiger partial charge on any atom is -0.449 e. The second-order valence-electron chi connectivity index (χ2n) is 2.50. The summed E-state index contributed by atoms with van der Waals surface area (Å²) in [4.78, 5) is 12.6. The van der Waals surface area contributed by atoms with Crippen molar-refractivity contribution in [1.29, 1.82) is 0 Å². The van der Waals surface area contributed by atoms with E-state index in [1.165, 1.54) is 0 Å². The Labute approximate surface area is 59.3 Å². The van der Waals surface area contributed by atoms with Gasteiger partial charge in [-0.05, 0) is 6.92 Å². The zero-order chi connectivity index (χ0) is 7.14. The number of fused-ring (bicyclic) bond motifs is 1. The molecule has 10 heavy (non-hydrogen) atoms. The molecular weight excluding hydrogens is 130 g/mol. The van der Waals surface area contributed by atoms with Gasteiger partial charge in [0.15, 0.2) is 0 Å². The maximum Gasteiger partial charge on any atom is 0.414 e. The van der Waals surface area contributed by atoms with Crippen molar-refractivity contribution in [2.45, 2.75) is 19.4 Å². The highest BCUT2D eigenvalue weighted by Crippen LogP contribution is 2.38. The summed E-state index contributed by atoms with van der Waals surface area (Å²) < 4.78 is 4.81. The van der Waals surface area contributed by atoms with Crippen LogP contribution in [0.4, 0.5) is 4.79 Å². The van der Waals surface area contributed by atoms with E-state index < -0.39 is 0 Å². The minimum atomic E-state index is -0.177. The number of allylic oxidation sites excluding steroid dienone is 1. The fraction of sp³-hybridized carbons (Fsp3) is 0.571. The van der Waals surface area contributed by atoms with Crippen molar-refractivity contribution >= 4 is 6.09 Å². The van der Waals surface area contributed by atoms with Crippen molar-refractivity contribution in [3.63, 3.8) is 0 Å². The lowest BCUT2D eigenvalue weighted by atomic mass is 10.3. The van der Waals surface area contributed by atoms with Gasteiger partial charge in [-0.3, -0.25) is 4.90 Å². The molecule has 0 spiro atoms. The molecule has 0 N–H and O–H groups in total. The van der Waals surface area contributed by atoms with Gasteiger partial charge in [-0.15, -0.1) is 0 Å². The van der Waals surface area contributed by atoms with Crippen LogP contribution in [0.3, 0.4) is 0 Å². The van der Waals surface area contributed by atoms with Crippen molar-refractivity contribution in [2.75, 3.05) is 6.61 Å². The molecule has 0 radical (unpaired) electrons. The average Bonchev–Trinajstić information content (AvgIpc) is 2.63. The maximum atomic E-state index is 10.9. The first-order chi connectivity index (χ1) is 4.84. The highest BCUT2D eigenvalue weighted by atomic mass is 16.6.